The van der Waals surface area contributed by atoms with Crippen LogP contribution in [0.25, 0.3) is 0 Å². The van der Waals surface area contributed by atoms with E-state index in [0.29, 0.717) is 18.9 Å². The minimum Gasteiger partial charge on any atom is -0.368 e. The molecule has 7 nitrogen and oxygen atoms in total. The zero-order valence-electron chi connectivity index (χ0n) is 11.5. The highest BCUT2D eigenvalue weighted by Crippen LogP contribution is 2.22. The maximum Gasteiger partial charge on any atom is 0.240 e. The first-order chi connectivity index (χ1) is 8.62. The molecule has 1 rings (SSSR count). The molecule has 19 heavy (non-hydrogen) atoms. The van der Waals surface area contributed by atoms with E-state index in [9.17, 15) is 18.0 Å². The second-order valence-corrected chi connectivity index (χ2v) is 7.24. The number of primary amides is 1. The fourth-order valence-electron chi connectivity index (χ4n) is 2.11. The number of likely N-dealkylation sites (tertiary alicyclic amines) is 1. The Morgan fingerprint density at radius 2 is 2.00 bits per heavy atom. The van der Waals surface area contributed by atoms with Gasteiger partial charge in [0.1, 0.15) is 6.04 Å². The van der Waals surface area contributed by atoms with Crippen LogP contribution < -0.4 is 5.73 Å². The summed E-state index contributed by atoms with van der Waals surface area (Å²) in [7, 11) is -2.08. The van der Waals surface area contributed by atoms with Gasteiger partial charge >= 0.3 is 0 Å². The van der Waals surface area contributed by atoms with Crippen LogP contribution in [0.2, 0.25) is 0 Å². The number of sulfonamides is 1. The number of hydrogen-bond donors (Lipinski definition) is 1. The molecule has 110 valence electrons. The summed E-state index contributed by atoms with van der Waals surface area (Å²) < 4.78 is 23.5. The zero-order chi connectivity index (χ0) is 14.8. The van der Waals surface area contributed by atoms with Crippen molar-refractivity contribution in [1.29, 1.82) is 0 Å². The summed E-state index contributed by atoms with van der Waals surface area (Å²) in [4.78, 5) is 24.9. The molecule has 1 aliphatic rings. The minimum atomic E-state index is -3.42. The number of nitrogens with two attached hydrogens (primary N) is 1. The van der Waals surface area contributed by atoms with Crippen LogP contribution in [0.1, 0.15) is 19.8 Å². The molecule has 2 atom stereocenters. The minimum absolute atomic E-state index is 0.267. The molecule has 2 N–H and O–H groups in total. The maximum absolute atomic E-state index is 12.1. The smallest absolute Gasteiger partial charge is 0.240 e. The average molecular weight is 291 g/mol. The van der Waals surface area contributed by atoms with E-state index in [4.69, 9.17) is 5.73 Å². The van der Waals surface area contributed by atoms with Crippen molar-refractivity contribution < 1.29 is 18.0 Å². The van der Waals surface area contributed by atoms with Gasteiger partial charge in [0, 0.05) is 13.6 Å². The lowest BCUT2D eigenvalue weighted by atomic mass is 9.92. The number of nitrogens with zero attached hydrogens (tertiary/aromatic N) is 2. The van der Waals surface area contributed by atoms with Crippen molar-refractivity contribution in [2.75, 3.05) is 26.4 Å². The highest BCUT2D eigenvalue weighted by atomic mass is 32.2. The summed E-state index contributed by atoms with van der Waals surface area (Å²) in [6, 6.07) is -0.635. The summed E-state index contributed by atoms with van der Waals surface area (Å²) in [5.41, 5.74) is 5.31. The second kappa shape index (κ2) is 5.87. The Labute approximate surface area is 113 Å². The lowest BCUT2D eigenvalue weighted by Gasteiger charge is -2.37. The van der Waals surface area contributed by atoms with Gasteiger partial charge < -0.3 is 10.6 Å². The van der Waals surface area contributed by atoms with Crippen molar-refractivity contribution in [2.24, 2.45) is 11.7 Å². The van der Waals surface area contributed by atoms with Crippen molar-refractivity contribution >= 4 is 21.8 Å². The summed E-state index contributed by atoms with van der Waals surface area (Å²) in [5, 5.41) is 0. The van der Waals surface area contributed by atoms with Gasteiger partial charge in [0.25, 0.3) is 0 Å². The molecule has 1 aliphatic heterocycles. The molecule has 1 saturated heterocycles. The predicted molar refractivity (Wildman–Crippen MR) is 70.6 cm³/mol. The number of hydrogen-bond acceptors (Lipinski definition) is 4. The Hall–Kier alpha value is -1.15. The molecular weight excluding hydrogens is 270 g/mol. The molecule has 0 spiro atoms. The fraction of sp³-hybridized carbons (Fsp3) is 0.818. The molecule has 2 amide bonds. The number of piperidine rings is 1. The predicted octanol–water partition coefficient (Wildman–Crippen LogP) is -1.01. The molecule has 0 aromatic carbocycles. The van der Waals surface area contributed by atoms with Crippen molar-refractivity contribution in [3.63, 3.8) is 0 Å². The summed E-state index contributed by atoms with van der Waals surface area (Å²) in [6.07, 6.45) is 2.35. The van der Waals surface area contributed by atoms with Gasteiger partial charge in [0.05, 0.1) is 12.8 Å². The Morgan fingerprint density at radius 3 is 2.47 bits per heavy atom. The summed E-state index contributed by atoms with van der Waals surface area (Å²) in [5.74, 6) is -0.597. The first kappa shape index (κ1) is 15.9. The first-order valence-electron chi connectivity index (χ1n) is 6.13. The third-order valence-electron chi connectivity index (χ3n) is 3.44. The third-order valence-corrected chi connectivity index (χ3v) is 4.70. The van der Waals surface area contributed by atoms with Gasteiger partial charge in [-0.05, 0) is 18.8 Å². The van der Waals surface area contributed by atoms with E-state index in [-0.39, 0.29) is 12.5 Å². The molecule has 2 unspecified atom stereocenters. The van der Waals surface area contributed by atoms with Crippen LogP contribution in [0.15, 0.2) is 0 Å². The van der Waals surface area contributed by atoms with Crippen molar-refractivity contribution in [3.05, 3.63) is 0 Å². The lowest BCUT2D eigenvalue weighted by molar-refractivity contribution is -0.141. The van der Waals surface area contributed by atoms with E-state index in [1.54, 1.807) is 0 Å². The number of carbonyl (C=O) groups is 2. The van der Waals surface area contributed by atoms with E-state index >= 15 is 0 Å². The third kappa shape index (κ3) is 4.17. The topological polar surface area (TPSA) is 101 Å². The van der Waals surface area contributed by atoms with Gasteiger partial charge in [-0.2, -0.15) is 4.31 Å². The van der Waals surface area contributed by atoms with E-state index in [1.165, 1.54) is 11.9 Å². The van der Waals surface area contributed by atoms with E-state index in [0.717, 1.165) is 17.0 Å². The quantitative estimate of drug-likeness (QED) is 0.717. The van der Waals surface area contributed by atoms with Gasteiger partial charge in [-0.15, -0.1) is 0 Å². The number of amides is 2. The van der Waals surface area contributed by atoms with Crippen molar-refractivity contribution in [1.82, 2.24) is 9.21 Å². The lowest BCUT2D eigenvalue weighted by Crippen LogP contribution is -2.54. The van der Waals surface area contributed by atoms with Crippen LogP contribution in [-0.2, 0) is 19.6 Å². The van der Waals surface area contributed by atoms with Crippen LogP contribution in [0.3, 0.4) is 0 Å². The van der Waals surface area contributed by atoms with Crippen LogP contribution >= 0.6 is 0 Å². The van der Waals surface area contributed by atoms with E-state index in [1.807, 2.05) is 6.92 Å². The Morgan fingerprint density at radius 1 is 1.42 bits per heavy atom. The van der Waals surface area contributed by atoms with Crippen LogP contribution in [-0.4, -0.2) is 61.9 Å². The molecule has 0 bridgehead atoms. The van der Waals surface area contributed by atoms with Gasteiger partial charge in [0.15, 0.2) is 0 Å². The largest absolute Gasteiger partial charge is 0.368 e. The molecule has 0 aromatic heterocycles. The number of likely N-dealkylation sites (N-methyl/N-ethyl adjacent to an activating group) is 1. The molecule has 0 saturated carbocycles. The molecule has 0 aliphatic carbocycles. The van der Waals surface area contributed by atoms with Gasteiger partial charge in [-0.1, -0.05) is 6.92 Å². The molecule has 1 heterocycles. The summed E-state index contributed by atoms with van der Waals surface area (Å²) in [6.45, 7) is 2.17. The SMILES string of the molecule is CC1CCN(C(=O)CN(C)S(C)(=O)=O)C(C(N)=O)C1. The standard InChI is InChI=1S/C11H21N3O4S/c1-8-4-5-14(9(6-8)11(12)16)10(15)7-13(2)19(3,17)18/h8-9H,4-7H2,1-3H3,(H2,12,16). The van der Waals surface area contributed by atoms with Crippen LogP contribution in [0.5, 0.6) is 0 Å². The molecule has 0 radical (unpaired) electrons. The molecule has 0 aromatic rings. The second-order valence-electron chi connectivity index (χ2n) is 5.15. The Kier molecular flexibility index (Phi) is 4.92. The van der Waals surface area contributed by atoms with Crippen LogP contribution in [0.4, 0.5) is 0 Å². The van der Waals surface area contributed by atoms with E-state index < -0.39 is 22.0 Å². The highest BCUT2D eigenvalue weighted by Gasteiger charge is 2.34. The van der Waals surface area contributed by atoms with Gasteiger partial charge in [0.2, 0.25) is 21.8 Å². The summed E-state index contributed by atoms with van der Waals surface area (Å²) >= 11 is 0. The van der Waals surface area contributed by atoms with E-state index in [2.05, 4.69) is 0 Å². The van der Waals surface area contributed by atoms with Crippen molar-refractivity contribution in [2.45, 2.75) is 25.8 Å². The highest BCUT2D eigenvalue weighted by molar-refractivity contribution is 7.88. The maximum atomic E-state index is 12.1. The Bertz CT molecular complexity index is 463. The molecule has 1 fully saturated rings. The fourth-order valence-corrected chi connectivity index (χ4v) is 2.45. The molecular formula is C11H21N3O4S. The first-order valence-corrected chi connectivity index (χ1v) is 7.98. The number of carbonyl (C=O) groups excluding carboxylic acids is 2. The van der Waals surface area contributed by atoms with Crippen molar-refractivity contribution in [3.8, 4) is 0 Å². The monoisotopic (exact) mass is 291 g/mol. The van der Waals surface area contributed by atoms with Gasteiger partial charge in [-0.25, -0.2) is 8.42 Å². The number of rotatable bonds is 4. The molecule has 8 heteroatoms. The normalized spacial score (nSPS) is 24.5. The average Bonchev–Trinajstić information content (AvgIpc) is 2.27. The Balaban J connectivity index is 2.77. The van der Waals surface area contributed by atoms with Gasteiger partial charge in [-0.3, -0.25) is 9.59 Å². The van der Waals surface area contributed by atoms with Crippen LogP contribution in [0, 0.1) is 5.92 Å². The zero-order valence-corrected chi connectivity index (χ0v) is 12.3.